The van der Waals surface area contributed by atoms with Crippen LogP contribution in [0.4, 0.5) is 0 Å². The fraction of sp³-hybridized carbons (Fsp3) is 0.857. The SMILES string of the molecule is CN.NCC(=O)N1CCSCC1. The number of thioether (sulfide) groups is 1. The summed E-state index contributed by atoms with van der Waals surface area (Å²) in [6.07, 6.45) is 0. The zero-order chi connectivity index (χ0) is 9.40. The van der Waals surface area contributed by atoms with Crippen LogP contribution >= 0.6 is 11.8 Å². The number of hydrogen-bond acceptors (Lipinski definition) is 4. The number of nitrogens with two attached hydrogens (primary N) is 2. The smallest absolute Gasteiger partial charge is 0.236 e. The summed E-state index contributed by atoms with van der Waals surface area (Å²) in [5.74, 6) is 2.21. The summed E-state index contributed by atoms with van der Waals surface area (Å²) in [6, 6.07) is 0. The Hall–Kier alpha value is -0.260. The normalized spacial score (nSPS) is 16.4. The van der Waals surface area contributed by atoms with Crippen LogP contribution in [-0.4, -0.2) is 49.0 Å². The number of rotatable bonds is 1. The first-order chi connectivity index (χ1) is 5.84. The van der Waals surface area contributed by atoms with Crippen molar-refractivity contribution >= 4 is 17.7 Å². The molecule has 1 fully saturated rings. The largest absolute Gasteiger partial charge is 0.340 e. The van der Waals surface area contributed by atoms with E-state index in [1.165, 1.54) is 7.05 Å². The van der Waals surface area contributed by atoms with Crippen LogP contribution in [0.3, 0.4) is 0 Å². The minimum Gasteiger partial charge on any atom is -0.340 e. The lowest BCUT2D eigenvalue weighted by Crippen LogP contribution is -2.41. The molecule has 1 heterocycles. The van der Waals surface area contributed by atoms with Crippen molar-refractivity contribution in [1.82, 2.24) is 4.90 Å². The van der Waals surface area contributed by atoms with Crippen molar-refractivity contribution in [3.63, 3.8) is 0 Å². The Morgan fingerprint density at radius 1 is 1.42 bits per heavy atom. The molecule has 4 N–H and O–H groups in total. The second kappa shape index (κ2) is 7.39. The van der Waals surface area contributed by atoms with E-state index >= 15 is 0 Å². The van der Waals surface area contributed by atoms with E-state index in [4.69, 9.17) is 5.73 Å². The van der Waals surface area contributed by atoms with Crippen molar-refractivity contribution in [1.29, 1.82) is 0 Å². The molecule has 0 bridgehead atoms. The van der Waals surface area contributed by atoms with Crippen molar-refractivity contribution in [2.24, 2.45) is 11.5 Å². The van der Waals surface area contributed by atoms with Crippen LogP contribution < -0.4 is 11.5 Å². The fourth-order valence-corrected chi connectivity index (χ4v) is 1.84. The van der Waals surface area contributed by atoms with E-state index in [0.29, 0.717) is 0 Å². The van der Waals surface area contributed by atoms with E-state index < -0.39 is 0 Å². The highest BCUT2D eigenvalue weighted by Crippen LogP contribution is 2.08. The van der Waals surface area contributed by atoms with E-state index in [0.717, 1.165) is 24.6 Å². The van der Waals surface area contributed by atoms with Crippen LogP contribution in [-0.2, 0) is 4.79 Å². The summed E-state index contributed by atoms with van der Waals surface area (Å²) in [5.41, 5.74) is 9.70. The van der Waals surface area contributed by atoms with Gasteiger partial charge in [-0.2, -0.15) is 11.8 Å². The first kappa shape index (κ1) is 11.7. The van der Waals surface area contributed by atoms with Gasteiger partial charge in [-0.25, -0.2) is 0 Å². The molecule has 0 atom stereocenters. The first-order valence-electron chi connectivity index (χ1n) is 3.98. The third kappa shape index (κ3) is 3.94. The highest BCUT2D eigenvalue weighted by Gasteiger charge is 2.14. The Bertz CT molecular complexity index is 126. The van der Waals surface area contributed by atoms with Crippen LogP contribution in [0.5, 0.6) is 0 Å². The van der Waals surface area contributed by atoms with Gasteiger partial charge in [0.05, 0.1) is 6.54 Å². The summed E-state index contributed by atoms with van der Waals surface area (Å²) in [5, 5.41) is 0. The van der Waals surface area contributed by atoms with Gasteiger partial charge in [0, 0.05) is 24.6 Å². The molecule has 4 nitrogen and oxygen atoms in total. The average Bonchev–Trinajstić information content (AvgIpc) is 2.21. The number of carbonyl (C=O) groups excluding carboxylic acids is 1. The molecular weight excluding hydrogens is 174 g/mol. The molecule has 1 aliphatic heterocycles. The Morgan fingerprint density at radius 3 is 2.33 bits per heavy atom. The summed E-state index contributed by atoms with van der Waals surface area (Å²) < 4.78 is 0. The fourth-order valence-electron chi connectivity index (χ4n) is 0.942. The van der Waals surface area contributed by atoms with Gasteiger partial charge in [0.25, 0.3) is 0 Å². The number of hydrogen-bond donors (Lipinski definition) is 2. The van der Waals surface area contributed by atoms with E-state index in [9.17, 15) is 4.79 Å². The molecule has 0 aromatic rings. The number of nitrogens with zero attached hydrogens (tertiary/aromatic N) is 1. The first-order valence-corrected chi connectivity index (χ1v) is 5.13. The maximum Gasteiger partial charge on any atom is 0.236 e. The molecule has 1 aliphatic rings. The Kier molecular flexibility index (Phi) is 7.23. The van der Waals surface area contributed by atoms with Gasteiger partial charge in [-0.1, -0.05) is 0 Å². The van der Waals surface area contributed by atoms with Crippen molar-refractivity contribution in [2.45, 2.75) is 0 Å². The summed E-state index contributed by atoms with van der Waals surface area (Å²) in [7, 11) is 1.50. The lowest BCUT2D eigenvalue weighted by molar-refractivity contribution is -0.129. The van der Waals surface area contributed by atoms with Gasteiger partial charge in [-0.15, -0.1) is 0 Å². The van der Waals surface area contributed by atoms with Crippen molar-refractivity contribution in [3.05, 3.63) is 0 Å². The maximum absolute atomic E-state index is 11.0. The van der Waals surface area contributed by atoms with Crippen LogP contribution in [0.2, 0.25) is 0 Å². The van der Waals surface area contributed by atoms with Gasteiger partial charge >= 0.3 is 0 Å². The molecule has 0 saturated carbocycles. The monoisotopic (exact) mass is 191 g/mol. The summed E-state index contributed by atoms with van der Waals surface area (Å²) in [6.45, 7) is 1.91. The number of amides is 1. The summed E-state index contributed by atoms with van der Waals surface area (Å²) >= 11 is 1.89. The zero-order valence-electron chi connectivity index (χ0n) is 7.45. The molecule has 0 aliphatic carbocycles. The Balaban J connectivity index is 0.000000561. The molecular formula is C7H17N3OS. The van der Waals surface area contributed by atoms with Gasteiger partial charge in [-0.05, 0) is 7.05 Å². The molecule has 72 valence electrons. The molecule has 5 heteroatoms. The van der Waals surface area contributed by atoms with Crippen LogP contribution in [0, 0.1) is 0 Å². The molecule has 12 heavy (non-hydrogen) atoms. The van der Waals surface area contributed by atoms with E-state index in [1.807, 2.05) is 16.7 Å². The van der Waals surface area contributed by atoms with Gasteiger partial charge < -0.3 is 16.4 Å². The minimum atomic E-state index is 0.0836. The lowest BCUT2D eigenvalue weighted by atomic mass is 10.4. The molecule has 0 aromatic carbocycles. The predicted octanol–water partition coefficient (Wildman–Crippen LogP) is -0.905. The van der Waals surface area contributed by atoms with E-state index in [2.05, 4.69) is 5.73 Å². The second-order valence-electron chi connectivity index (χ2n) is 2.20. The van der Waals surface area contributed by atoms with Crippen LogP contribution in [0.15, 0.2) is 0 Å². The van der Waals surface area contributed by atoms with Gasteiger partial charge in [-0.3, -0.25) is 4.79 Å². The van der Waals surface area contributed by atoms with Gasteiger partial charge in [0.1, 0.15) is 0 Å². The van der Waals surface area contributed by atoms with Gasteiger partial charge in [0.15, 0.2) is 0 Å². The topological polar surface area (TPSA) is 72.3 Å². The molecule has 0 unspecified atom stereocenters. The van der Waals surface area contributed by atoms with Crippen molar-refractivity contribution in [3.8, 4) is 0 Å². The quantitative estimate of drug-likeness (QED) is 0.563. The lowest BCUT2D eigenvalue weighted by Gasteiger charge is -2.25. The zero-order valence-corrected chi connectivity index (χ0v) is 8.27. The Labute approximate surface area is 77.7 Å². The summed E-state index contributed by atoms with van der Waals surface area (Å²) in [4.78, 5) is 12.8. The predicted molar refractivity (Wildman–Crippen MR) is 53.1 cm³/mol. The Morgan fingerprint density at radius 2 is 1.92 bits per heavy atom. The number of carbonyl (C=O) groups is 1. The van der Waals surface area contributed by atoms with E-state index in [1.54, 1.807) is 0 Å². The molecule has 0 aromatic heterocycles. The van der Waals surface area contributed by atoms with Crippen molar-refractivity contribution in [2.75, 3.05) is 38.2 Å². The standard InChI is InChI=1S/C6H12N2OS.CH5N/c7-5-6(9)8-1-3-10-4-2-8;1-2/h1-5,7H2;2H2,1H3. The molecule has 0 spiro atoms. The maximum atomic E-state index is 11.0. The molecule has 0 radical (unpaired) electrons. The van der Waals surface area contributed by atoms with E-state index in [-0.39, 0.29) is 12.5 Å². The minimum absolute atomic E-state index is 0.0836. The van der Waals surface area contributed by atoms with Crippen molar-refractivity contribution < 1.29 is 4.79 Å². The van der Waals surface area contributed by atoms with Crippen LogP contribution in [0.25, 0.3) is 0 Å². The second-order valence-corrected chi connectivity index (χ2v) is 3.42. The van der Waals surface area contributed by atoms with Crippen LogP contribution in [0.1, 0.15) is 0 Å². The highest BCUT2D eigenvalue weighted by molar-refractivity contribution is 7.99. The average molecular weight is 191 g/mol. The molecule has 1 saturated heterocycles. The third-order valence-electron chi connectivity index (χ3n) is 1.54. The molecule has 1 rings (SSSR count). The molecule has 1 amide bonds. The highest BCUT2D eigenvalue weighted by atomic mass is 32.2. The third-order valence-corrected chi connectivity index (χ3v) is 2.48. The van der Waals surface area contributed by atoms with Gasteiger partial charge in [0.2, 0.25) is 5.91 Å².